The summed E-state index contributed by atoms with van der Waals surface area (Å²) >= 11 is 3.49. The van der Waals surface area contributed by atoms with Gasteiger partial charge in [0.05, 0.1) is 12.3 Å². The first-order valence-electron chi connectivity index (χ1n) is 4.90. The Morgan fingerprint density at radius 3 is 2.81 bits per heavy atom. The van der Waals surface area contributed by atoms with Gasteiger partial charge in [0.15, 0.2) is 5.82 Å². The van der Waals surface area contributed by atoms with Gasteiger partial charge in [-0.15, -0.1) is 0 Å². The van der Waals surface area contributed by atoms with E-state index in [0.29, 0.717) is 11.5 Å². The van der Waals surface area contributed by atoms with Crippen LogP contribution in [-0.4, -0.2) is 15.1 Å². The minimum absolute atomic E-state index is 0.0704. The summed E-state index contributed by atoms with van der Waals surface area (Å²) in [5.41, 5.74) is 2.73. The van der Waals surface area contributed by atoms with Crippen LogP contribution >= 0.6 is 15.9 Å². The van der Waals surface area contributed by atoms with Crippen LogP contribution in [0.3, 0.4) is 0 Å². The molecule has 1 heterocycles. The summed E-state index contributed by atoms with van der Waals surface area (Å²) in [6.45, 7) is 1.96. The summed E-state index contributed by atoms with van der Waals surface area (Å²) < 4.78 is 0.961. The molecular formula is C12H11BrN2O. The Morgan fingerprint density at radius 1 is 1.31 bits per heavy atom. The molecule has 1 aromatic heterocycles. The van der Waals surface area contributed by atoms with Gasteiger partial charge in [0.1, 0.15) is 0 Å². The van der Waals surface area contributed by atoms with Crippen molar-refractivity contribution >= 4 is 15.9 Å². The molecule has 4 heteroatoms. The van der Waals surface area contributed by atoms with Crippen LogP contribution in [0.5, 0.6) is 0 Å². The highest BCUT2D eigenvalue weighted by Gasteiger charge is 2.06. The fourth-order valence-electron chi connectivity index (χ4n) is 1.42. The highest BCUT2D eigenvalue weighted by molar-refractivity contribution is 9.10. The molecule has 0 saturated carbocycles. The van der Waals surface area contributed by atoms with Gasteiger partial charge in [0, 0.05) is 16.2 Å². The molecule has 0 saturated heterocycles. The summed E-state index contributed by atoms with van der Waals surface area (Å²) in [6, 6.07) is 7.70. The number of halogens is 1. The Morgan fingerprint density at radius 2 is 2.12 bits per heavy atom. The zero-order valence-electron chi connectivity index (χ0n) is 8.81. The van der Waals surface area contributed by atoms with Crippen molar-refractivity contribution in [1.29, 1.82) is 0 Å². The van der Waals surface area contributed by atoms with Crippen LogP contribution in [0.15, 0.2) is 34.9 Å². The largest absolute Gasteiger partial charge is 0.390 e. The molecule has 0 atom stereocenters. The lowest BCUT2D eigenvalue weighted by atomic mass is 10.1. The van der Waals surface area contributed by atoms with Crippen LogP contribution in [-0.2, 0) is 6.61 Å². The molecule has 2 rings (SSSR count). The minimum Gasteiger partial charge on any atom is -0.390 e. The SMILES string of the molecule is Cc1ccc(-c2nccc(CO)n2)c(Br)c1. The molecule has 0 amide bonds. The number of aromatic nitrogens is 2. The average Bonchev–Trinajstić information content (AvgIpc) is 2.29. The molecule has 82 valence electrons. The third-order valence-electron chi connectivity index (χ3n) is 2.24. The van der Waals surface area contributed by atoms with Crippen molar-refractivity contribution in [2.24, 2.45) is 0 Å². The molecule has 0 aliphatic rings. The summed E-state index contributed by atoms with van der Waals surface area (Å²) in [5.74, 6) is 0.624. The average molecular weight is 279 g/mol. The van der Waals surface area contributed by atoms with Gasteiger partial charge in [0.2, 0.25) is 0 Å². The van der Waals surface area contributed by atoms with E-state index in [1.165, 1.54) is 5.56 Å². The van der Waals surface area contributed by atoms with Crippen molar-refractivity contribution in [3.05, 3.63) is 46.2 Å². The van der Waals surface area contributed by atoms with Crippen LogP contribution in [0, 0.1) is 6.92 Å². The number of aryl methyl sites for hydroxylation is 1. The molecule has 1 N–H and O–H groups in total. The molecule has 1 aromatic carbocycles. The second-order valence-electron chi connectivity index (χ2n) is 3.51. The zero-order chi connectivity index (χ0) is 11.5. The van der Waals surface area contributed by atoms with Crippen molar-refractivity contribution in [1.82, 2.24) is 9.97 Å². The molecule has 0 bridgehead atoms. The number of aliphatic hydroxyl groups excluding tert-OH is 1. The lowest BCUT2D eigenvalue weighted by molar-refractivity contribution is 0.277. The van der Waals surface area contributed by atoms with Crippen LogP contribution in [0.2, 0.25) is 0 Å². The van der Waals surface area contributed by atoms with E-state index in [2.05, 4.69) is 25.9 Å². The monoisotopic (exact) mass is 278 g/mol. The Balaban J connectivity index is 2.49. The van der Waals surface area contributed by atoms with Gasteiger partial charge in [-0.05, 0) is 30.7 Å². The Hall–Kier alpha value is -1.26. The molecule has 0 radical (unpaired) electrons. The van der Waals surface area contributed by atoms with Gasteiger partial charge in [-0.1, -0.05) is 22.0 Å². The quantitative estimate of drug-likeness (QED) is 0.919. The van der Waals surface area contributed by atoms with E-state index in [-0.39, 0.29) is 6.61 Å². The Kier molecular flexibility index (Phi) is 3.31. The fourth-order valence-corrected chi connectivity index (χ4v) is 2.09. The van der Waals surface area contributed by atoms with Gasteiger partial charge >= 0.3 is 0 Å². The van der Waals surface area contributed by atoms with E-state index in [9.17, 15) is 0 Å². The second kappa shape index (κ2) is 4.72. The van der Waals surface area contributed by atoms with Gasteiger partial charge in [-0.25, -0.2) is 9.97 Å². The van der Waals surface area contributed by atoms with E-state index in [0.717, 1.165) is 10.0 Å². The van der Waals surface area contributed by atoms with Gasteiger partial charge < -0.3 is 5.11 Å². The third kappa shape index (κ3) is 2.28. The molecule has 3 nitrogen and oxygen atoms in total. The molecule has 2 aromatic rings. The number of nitrogens with zero attached hydrogens (tertiary/aromatic N) is 2. The zero-order valence-corrected chi connectivity index (χ0v) is 10.4. The number of benzene rings is 1. The molecule has 0 fully saturated rings. The van der Waals surface area contributed by atoms with E-state index < -0.39 is 0 Å². The first kappa shape index (κ1) is 11.2. The first-order chi connectivity index (χ1) is 7.70. The van der Waals surface area contributed by atoms with Crippen molar-refractivity contribution < 1.29 is 5.11 Å². The molecule has 16 heavy (non-hydrogen) atoms. The number of aliphatic hydroxyl groups is 1. The Labute approximate surface area is 102 Å². The smallest absolute Gasteiger partial charge is 0.160 e. The number of rotatable bonds is 2. The first-order valence-corrected chi connectivity index (χ1v) is 5.69. The van der Waals surface area contributed by atoms with E-state index >= 15 is 0 Å². The van der Waals surface area contributed by atoms with Crippen LogP contribution in [0.1, 0.15) is 11.3 Å². The van der Waals surface area contributed by atoms with Crippen LogP contribution < -0.4 is 0 Å². The number of hydrogen-bond acceptors (Lipinski definition) is 3. The molecule has 0 aliphatic heterocycles. The van der Waals surface area contributed by atoms with E-state index in [4.69, 9.17) is 5.11 Å². The lowest BCUT2D eigenvalue weighted by Gasteiger charge is -2.05. The lowest BCUT2D eigenvalue weighted by Crippen LogP contribution is -1.95. The molecule has 0 spiro atoms. The highest BCUT2D eigenvalue weighted by atomic mass is 79.9. The topological polar surface area (TPSA) is 46.0 Å². The van der Waals surface area contributed by atoms with Crippen molar-refractivity contribution in [3.63, 3.8) is 0 Å². The fraction of sp³-hybridized carbons (Fsp3) is 0.167. The third-order valence-corrected chi connectivity index (χ3v) is 2.90. The summed E-state index contributed by atoms with van der Waals surface area (Å²) in [5, 5.41) is 9.02. The second-order valence-corrected chi connectivity index (χ2v) is 4.37. The van der Waals surface area contributed by atoms with Gasteiger partial charge in [-0.2, -0.15) is 0 Å². The maximum absolute atomic E-state index is 9.02. The van der Waals surface area contributed by atoms with Crippen LogP contribution in [0.25, 0.3) is 11.4 Å². The maximum atomic E-state index is 9.02. The van der Waals surface area contributed by atoms with Gasteiger partial charge in [-0.3, -0.25) is 0 Å². The van der Waals surface area contributed by atoms with Crippen molar-refractivity contribution in [2.45, 2.75) is 13.5 Å². The Bertz CT molecular complexity index is 514. The molecule has 0 unspecified atom stereocenters. The predicted octanol–water partition coefficient (Wildman–Crippen LogP) is 2.71. The standard InChI is InChI=1S/C12H11BrN2O/c1-8-2-3-10(11(13)6-8)12-14-5-4-9(7-16)15-12/h2-6,16H,7H2,1H3. The van der Waals surface area contributed by atoms with E-state index in [1.54, 1.807) is 12.3 Å². The minimum atomic E-state index is -0.0704. The van der Waals surface area contributed by atoms with Crippen molar-refractivity contribution in [2.75, 3.05) is 0 Å². The highest BCUT2D eigenvalue weighted by Crippen LogP contribution is 2.26. The summed E-state index contributed by atoms with van der Waals surface area (Å²) in [7, 11) is 0. The van der Waals surface area contributed by atoms with Crippen molar-refractivity contribution in [3.8, 4) is 11.4 Å². The normalized spacial score (nSPS) is 10.4. The summed E-state index contributed by atoms with van der Waals surface area (Å²) in [4.78, 5) is 8.46. The number of hydrogen-bond donors (Lipinski definition) is 1. The predicted molar refractivity (Wildman–Crippen MR) is 65.8 cm³/mol. The summed E-state index contributed by atoms with van der Waals surface area (Å²) in [6.07, 6.45) is 1.65. The van der Waals surface area contributed by atoms with Gasteiger partial charge in [0.25, 0.3) is 0 Å². The molecule has 0 aliphatic carbocycles. The van der Waals surface area contributed by atoms with E-state index in [1.807, 2.05) is 25.1 Å². The molecular weight excluding hydrogens is 268 g/mol. The maximum Gasteiger partial charge on any atom is 0.160 e. The van der Waals surface area contributed by atoms with Crippen LogP contribution in [0.4, 0.5) is 0 Å².